The highest BCUT2D eigenvalue weighted by molar-refractivity contribution is 7.93. The fourth-order valence-electron chi connectivity index (χ4n) is 2.24. The molecule has 8 heteroatoms. The monoisotopic (exact) mass is 383 g/mol. The lowest BCUT2D eigenvalue weighted by Gasteiger charge is -2.07. The second-order valence-electron chi connectivity index (χ2n) is 5.72. The number of amides is 1. The van der Waals surface area contributed by atoms with Gasteiger partial charge in [-0.2, -0.15) is 13.2 Å². The summed E-state index contributed by atoms with van der Waals surface area (Å²) in [6, 6.07) is 8.93. The average Bonchev–Trinajstić information content (AvgIpc) is 2.52. The third kappa shape index (κ3) is 5.19. The summed E-state index contributed by atoms with van der Waals surface area (Å²) in [5, 5.41) is 0.733. The van der Waals surface area contributed by atoms with Gasteiger partial charge in [-0.15, -0.1) is 0 Å². The van der Waals surface area contributed by atoms with Gasteiger partial charge in [-0.3, -0.25) is 4.79 Å². The van der Waals surface area contributed by atoms with Crippen molar-refractivity contribution < 1.29 is 26.4 Å². The van der Waals surface area contributed by atoms with Crippen molar-refractivity contribution in [3.8, 4) is 0 Å². The van der Waals surface area contributed by atoms with Gasteiger partial charge in [-0.05, 0) is 49.2 Å². The van der Waals surface area contributed by atoms with Crippen LogP contribution in [0.5, 0.6) is 0 Å². The van der Waals surface area contributed by atoms with Crippen LogP contribution in [-0.4, -0.2) is 14.3 Å². The molecule has 1 N–H and O–H groups in total. The summed E-state index contributed by atoms with van der Waals surface area (Å²) in [7, 11) is -4.09. The first kappa shape index (κ1) is 19.7. The Labute approximate surface area is 149 Å². The number of hydrogen-bond donors (Lipinski definition) is 1. The minimum absolute atomic E-state index is 0.224. The lowest BCUT2D eigenvalue weighted by atomic mass is 10.1. The molecule has 138 valence electrons. The van der Waals surface area contributed by atoms with Crippen LogP contribution in [0, 0.1) is 13.8 Å². The molecule has 0 atom stereocenters. The fourth-order valence-corrected chi connectivity index (χ4v) is 3.01. The largest absolute Gasteiger partial charge is 0.416 e. The zero-order valence-electron chi connectivity index (χ0n) is 14.0. The van der Waals surface area contributed by atoms with Crippen LogP contribution in [0.4, 0.5) is 13.2 Å². The topological polar surface area (TPSA) is 63.2 Å². The standard InChI is InChI=1S/C18H16F3NO3S/c1-12-3-8-16(13(2)11-12)17(23)22-26(24,25)10-9-14-4-6-15(7-5-14)18(19,20)21/h3-11H,1-2H3,(H,22,23)/b10-9+. The number of sulfonamides is 1. The number of rotatable bonds is 4. The van der Waals surface area contributed by atoms with E-state index in [0.29, 0.717) is 5.56 Å². The van der Waals surface area contributed by atoms with E-state index in [9.17, 15) is 26.4 Å². The van der Waals surface area contributed by atoms with Gasteiger partial charge in [0.1, 0.15) is 0 Å². The predicted molar refractivity (Wildman–Crippen MR) is 92.8 cm³/mol. The molecule has 0 saturated heterocycles. The molecule has 0 aliphatic heterocycles. The molecule has 26 heavy (non-hydrogen) atoms. The normalized spacial score (nSPS) is 12.3. The number of hydrogen-bond acceptors (Lipinski definition) is 3. The summed E-state index contributed by atoms with van der Waals surface area (Å²) >= 11 is 0. The second-order valence-corrected chi connectivity index (χ2v) is 7.28. The van der Waals surface area contributed by atoms with E-state index in [2.05, 4.69) is 0 Å². The van der Waals surface area contributed by atoms with Crippen molar-refractivity contribution in [1.82, 2.24) is 4.72 Å². The molecular formula is C18H16F3NO3S. The Morgan fingerprint density at radius 3 is 2.19 bits per heavy atom. The summed E-state index contributed by atoms with van der Waals surface area (Å²) in [5.41, 5.74) is 1.21. The summed E-state index contributed by atoms with van der Waals surface area (Å²) < 4.78 is 63.4. The van der Waals surface area contributed by atoms with Crippen LogP contribution < -0.4 is 4.72 Å². The van der Waals surface area contributed by atoms with Crippen LogP contribution in [0.1, 0.15) is 32.6 Å². The summed E-state index contributed by atoms with van der Waals surface area (Å²) in [4.78, 5) is 12.1. The maximum absolute atomic E-state index is 12.5. The van der Waals surface area contributed by atoms with Crippen LogP contribution in [0.15, 0.2) is 47.9 Å². The molecule has 0 bridgehead atoms. The summed E-state index contributed by atoms with van der Waals surface area (Å²) in [6.45, 7) is 3.53. The fraction of sp³-hybridized carbons (Fsp3) is 0.167. The molecule has 0 saturated carbocycles. The maximum Gasteiger partial charge on any atom is 0.416 e. The van der Waals surface area contributed by atoms with E-state index >= 15 is 0 Å². The SMILES string of the molecule is Cc1ccc(C(=O)NS(=O)(=O)/C=C/c2ccc(C(F)(F)F)cc2)c(C)c1. The number of halogens is 3. The lowest BCUT2D eigenvalue weighted by molar-refractivity contribution is -0.137. The van der Waals surface area contributed by atoms with Crippen molar-refractivity contribution in [2.75, 3.05) is 0 Å². The number of carbonyl (C=O) groups is 1. The smallest absolute Gasteiger partial charge is 0.268 e. The van der Waals surface area contributed by atoms with Crippen molar-refractivity contribution in [2.45, 2.75) is 20.0 Å². The minimum atomic E-state index is -4.46. The molecule has 0 radical (unpaired) electrons. The van der Waals surface area contributed by atoms with Gasteiger partial charge in [-0.1, -0.05) is 29.8 Å². The van der Waals surface area contributed by atoms with Gasteiger partial charge < -0.3 is 0 Å². The Morgan fingerprint density at radius 2 is 1.65 bits per heavy atom. The Balaban J connectivity index is 2.12. The maximum atomic E-state index is 12.5. The number of nitrogens with one attached hydrogen (secondary N) is 1. The predicted octanol–water partition coefficient (Wildman–Crippen LogP) is 4.05. The molecular weight excluding hydrogens is 367 g/mol. The van der Waals surface area contributed by atoms with Gasteiger partial charge in [0.15, 0.2) is 0 Å². The molecule has 2 rings (SSSR count). The summed E-state index contributed by atoms with van der Waals surface area (Å²) in [6.07, 6.45) is -3.36. The van der Waals surface area contributed by atoms with E-state index in [4.69, 9.17) is 0 Å². The zero-order valence-corrected chi connectivity index (χ0v) is 14.8. The quantitative estimate of drug-likeness (QED) is 0.866. The molecule has 0 fully saturated rings. The number of aryl methyl sites for hydroxylation is 2. The third-order valence-electron chi connectivity index (χ3n) is 3.54. The Hall–Kier alpha value is -2.61. The number of benzene rings is 2. The van der Waals surface area contributed by atoms with E-state index in [1.165, 1.54) is 6.07 Å². The van der Waals surface area contributed by atoms with Crippen LogP contribution >= 0.6 is 0 Å². The van der Waals surface area contributed by atoms with Gasteiger partial charge in [0.25, 0.3) is 15.9 Å². The molecule has 0 aromatic heterocycles. The van der Waals surface area contributed by atoms with E-state index in [1.807, 2.05) is 11.6 Å². The highest BCUT2D eigenvalue weighted by atomic mass is 32.2. The highest BCUT2D eigenvalue weighted by Gasteiger charge is 2.29. The van der Waals surface area contributed by atoms with Gasteiger partial charge in [-0.25, -0.2) is 13.1 Å². The van der Waals surface area contributed by atoms with Crippen LogP contribution in [0.3, 0.4) is 0 Å². The highest BCUT2D eigenvalue weighted by Crippen LogP contribution is 2.29. The van der Waals surface area contributed by atoms with Crippen molar-refractivity contribution >= 4 is 22.0 Å². The Morgan fingerprint density at radius 1 is 1.04 bits per heavy atom. The van der Waals surface area contributed by atoms with Gasteiger partial charge in [0.2, 0.25) is 0 Å². The van der Waals surface area contributed by atoms with Gasteiger partial charge in [0.05, 0.1) is 11.0 Å². The van der Waals surface area contributed by atoms with Crippen molar-refractivity contribution in [3.63, 3.8) is 0 Å². The van der Waals surface area contributed by atoms with Crippen LogP contribution in [-0.2, 0) is 16.2 Å². The number of alkyl halides is 3. The zero-order chi connectivity index (χ0) is 19.5. The average molecular weight is 383 g/mol. The molecule has 0 aliphatic carbocycles. The molecule has 0 spiro atoms. The van der Waals surface area contributed by atoms with Gasteiger partial charge in [0, 0.05) is 5.56 Å². The molecule has 4 nitrogen and oxygen atoms in total. The summed E-state index contributed by atoms with van der Waals surface area (Å²) in [5.74, 6) is -0.778. The molecule has 0 aliphatic rings. The van der Waals surface area contributed by atoms with E-state index in [-0.39, 0.29) is 11.1 Å². The molecule has 2 aromatic rings. The van der Waals surface area contributed by atoms with E-state index < -0.39 is 27.7 Å². The van der Waals surface area contributed by atoms with E-state index in [1.54, 1.807) is 19.1 Å². The molecule has 0 unspecified atom stereocenters. The van der Waals surface area contributed by atoms with Crippen molar-refractivity contribution in [2.24, 2.45) is 0 Å². The molecule has 1 amide bonds. The molecule has 0 heterocycles. The first-order valence-electron chi connectivity index (χ1n) is 7.48. The number of carbonyl (C=O) groups excluding carboxylic acids is 1. The first-order chi connectivity index (χ1) is 12.0. The van der Waals surface area contributed by atoms with Crippen LogP contribution in [0.25, 0.3) is 6.08 Å². The minimum Gasteiger partial charge on any atom is -0.268 e. The first-order valence-corrected chi connectivity index (χ1v) is 9.02. The second kappa shape index (κ2) is 7.33. The Bertz CT molecular complexity index is 947. The Kier molecular flexibility index (Phi) is 5.56. The lowest BCUT2D eigenvalue weighted by Crippen LogP contribution is -2.29. The van der Waals surface area contributed by atoms with Gasteiger partial charge >= 0.3 is 6.18 Å². The third-order valence-corrected chi connectivity index (χ3v) is 4.50. The van der Waals surface area contributed by atoms with Crippen LogP contribution in [0.2, 0.25) is 0 Å². The van der Waals surface area contributed by atoms with Crippen molar-refractivity contribution in [1.29, 1.82) is 0 Å². The molecule has 2 aromatic carbocycles. The van der Waals surface area contributed by atoms with E-state index in [0.717, 1.165) is 41.3 Å². The van der Waals surface area contributed by atoms with Crippen molar-refractivity contribution in [3.05, 3.63) is 75.7 Å².